The van der Waals surface area contributed by atoms with Crippen LogP contribution < -0.4 is 28.5 Å². The van der Waals surface area contributed by atoms with Crippen molar-refractivity contribution in [2.45, 2.75) is 6.92 Å². The zero-order valence-corrected chi connectivity index (χ0v) is 7.92. The summed E-state index contributed by atoms with van der Waals surface area (Å²) in [6.45, 7) is 2.57. The molecule has 1 rings (SSSR count). The van der Waals surface area contributed by atoms with Crippen LogP contribution in [-0.2, 0) is 0 Å². The number of ether oxygens (including phenoxy) is 1. The second-order valence-corrected chi connectivity index (χ2v) is 2.22. The lowest BCUT2D eigenvalue weighted by atomic mass is 10.2. The Balaban J connectivity index is 0. The Bertz CT molecular complexity index is 252. The van der Waals surface area contributed by atoms with Gasteiger partial charge in [0.15, 0.2) is 0 Å². The maximum atomic E-state index is 5.55. The van der Waals surface area contributed by atoms with E-state index in [1.54, 1.807) is 18.2 Å². The predicted octanol–water partition coefficient (Wildman–Crippen LogP) is 1.57. The van der Waals surface area contributed by atoms with Crippen LogP contribution in [-0.4, -0.2) is 6.61 Å². The van der Waals surface area contributed by atoms with Crippen LogP contribution in [0.3, 0.4) is 0 Å². The van der Waals surface area contributed by atoms with Crippen LogP contribution in [0.5, 0.6) is 5.75 Å². The van der Waals surface area contributed by atoms with Gasteiger partial charge in [-0.3, -0.25) is 0 Å². The number of benzene rings is 1. The van der Waals surface area contributed by atoms with E-state index in [2.05, 4.69) is 0 Å². The lowest BCUT2D eigenvalue weighted by Crippen LogP contribution is -1.96. The first kappa shape index (κ1) is 14.1. The molecule has 13 heavy (non-hydrogen) atoms. The van der Waals surface area contributed by atoms with E-state index >= 15 is 0 Å². The molecule has 0 aliphatic carbocycles. The summed E-state index contributed by atoms with van der Waals surface area (Å²) in [7, 11) is 0. The van der Waals surface area contributed by atoms with Gasteiger partial charge in [-0.1, -0.05) is 0 Å². The summed E-state index contributed by atoms with van der Waals surface area (Å²) < 4.78 is 5.21. The molecule has 0 aromatic heterocycles. The first-order chi connectivity index (χ1) is 5.24. The standard InChI is InChI=1S/C8H12N2O.2H3N/c1-2-11-6-3-4-7(9)8(10)5-6;;/h3-5H,2,9-10H2,1H3;2*1H3. The quantitative estimate of drug-likeness (QED) is 0.520. The Kier molecular flexibility index (Phi) is 6.61. The van der Waals surface area contributed by atoms with Crippen molar-refractivity contribution in [3.63, 3.8) is 0 Å². The molecule has 0 spiro atoms. The van der Waals surface area contributed by atoms with E-state index in [0.29, 0.717) is 18.0 Å². The summed E-state index contributed by atoms with van der Waals surface area (Å²) in [5.41, 5.74) is 12.2. The fourth-order valence-electron chi connectivity index (χ4n) is 0.809. The number of rotatable bonds is 2. The van der Waals surface area contributed by atoms with Gasteiger partial charge in [0.25, 0.3) is 0 Å². The van der Waals surface area contributed by atoms with Crippen molar-refractivity contribution in [2.75, 3.05) is 18.1 Å². The highest BCUT2D eigenvalue weighted by molar-refractivity contribution is 5.65. The van der Waals surface area contributed by atoms with Crippen molar-refractivity contribution >= 4 is 11.4 Å². The molecule has 0 aliphatic rings. The van der Waals surface area contributed by atoms with Gasteiger partial charge in [0, 0.05) is 6.07 Å². The maximum Gasteiger partial charge on any atom is 0.121 e. The molecule has 5 heteroatoms. The number of anilines is 2. The number of nitrogens with two attached hydrogens (primary N) is 2. The fraction of sp³-hybridized carbons (Fsp3) is 0.250. The SMILES string of the molecule is CCOc1ccc(N)c(N)c1.N.N. The molecule has 0 heterocycles. The lowest BCUT2D eigenvalue weighted by Gasteiger charge is -2.04. The van der Waals surface area contributed by atoms with Gasteiger partial charge in [0.2, 0.25) is 0 Å². The summed E-state index contributed by atoms with van der Waals surface area (Å²) >= 11 is 0. The van der Waals surface area contributed by atoms with Gasteiger partial charge in [-0.15, -0.1) is 0 Å². The third-order valence-electron chi connectivity index (χ3n) is 1.37. The lowest BCUT2D eigenvalue weighted by molar-refractivity contribution is 0.340. The van der Waals surface area contributed by atoms with Gasteiger partial charge in [-0.05, 0) is 19.1 Å². The Labute approximate surface area is 78.2 Å². The molecule has 0 unspecified atom stereocenters. The Morgan fingerprint density at radius 2 is 1.77 bits per heavy atom. The van der Waals surface area contributed by atoms with Crippen LogP contribution in [0.1, 0.15) is 6.92 Å². The summed E-state index contributed by atoms with van der Waals surface area (Å²) in [4.78, 5) is 0. The molecular weight excluding hydrogens is 168 g/mol. The average molecular weight is 186 g/mol. The number of hydrogen-bond acceptors (Lipinski definition) is 5. The summed E-state index contributed by atoms with van der Waals surface area (Å²) in [5.74, 6) is 0.763. The minimum Gasteiger partial charge on any atom is -0.494 e. The van der Waals surface area contributed by atoms with Crippen molar-refractivity contribution in [3.05, 3.63) is 18.2 Å². The highest BCUT2D eigenvalue weighted by Crippen LogP contribution is 2.20. The van der Waals surface area contributed by atoms with Crippen molar-refractivity contribution in [3.8, 4) is 5.75 Å². The highest BCUT2D eigenvalue weighted by Gasteiger charge is 1.95. The van der Waals surface area contributed by atoms with Crippen LogP contribution in [0.15, 0.2) is 18.2 Å². The third kappa shape index (κ3) is 3.64. The minimum atomic E-state index is 0. The monoisotopic (exact) mass is 186 g/mol. The van der Waals surface area contributed by atoms with E-state index in [0.717, 1.165) is 5.75 Å². The molecule has 0 aliphatic heterocycles. The number of hydrogen-bond donors (Lipinski definition) is 4. The van der Waals surface area contributed by atoms with Crippen LogP contribution in [0.25, 0.3) is 0 Å². The van der Waals surface area contributed by atoms with E-state index in [-0.39, 0.29) is 12.3 Å². The largest absolute Gasteiger partial charge is 0.494 e. The minimum absolute atomic E-state index is 0. The Morgan fingerprint density at radius 3 is 2.23 bits per heavy atom. The Hall–Kier alpha value is -1.46. The molecule has 76 valence electrons. The van der Waals surface area contributed by atoms with Gasteiger partial charge in [-0.2, -0.15) is 0 Å². The third-order valence-corrected chi connectivity index (χ3v) is 1.37. The van der Waals surface area contributed by atoms with Crippen molar-refractivity contribution in [1.29, 1.82) is 0 Å². The summed E-state index contributed by atoms with van der Waals surface area (Å²) in [5, 5.41) is 0. The van der Waals surface area contributed by atoms with E-state index in [1.165, 1.54) is 0 Å². The summed E-state index contributed by atoms with van der Waals surface area (Å²) in [6, 6.07) is 5.26. The smallest absolute Gasteiger partial charge is 0.121 e. The normalized spacial score (nSPS) is 8.08. The van der Waals surface area contributed by atoms with E-state index < -0.39 is 0 Å². The highest BCUT2D eigenvalue weighted by atomic mass is 16.5. The van der Waals surface area contributed by atoms with E-state index in [9.17, 15) is 0 Å². The molecule has 0 saturated carbocycles. The average Bonchev–Trinajstić information content (AvgIpc) is 1.98. The molecule has 0 amide bonds. The molecule has 0 bridgehead atoms. The van der Waals surface area contributed by atoms with Gasteiger partial charge >= 0.3 is 0 Å². The van der Waals surface area contributed by atoms with E-state index in [4.69, 9.17) is 16.2 Å². The second-order valence-electron chi connectivity index (χ2n) is 2.22. The molecule has 0 atom stereocenters. The summed E-state index contributed by atoms with van der Waals surface area (Å²) in [6.07, 6.45) is 0. The van der Waals surface area contributed by atoms with E-state index in [1.807, 2.05) is 6.92 Å². The molecular formula is C8H18N4O. The Morgan fingerprint density at radius 1 is 1.15 bits per heavy atom. The molecule has 1 aromatic carbocycles. The first-order valence-electron chi connectivity index (χ1n) is 3.52. The van der Waals surface area contributed by atoms with Gasteiger partial charge in [0.05, 0.1) is 18.0 Å². The molecule has 0 fully saturated rings. The zero-order valence-electron chi connectivity index (χ0n) is 7.92. The molecule has 10 N–H and O–H groups in total. The van der Waals surface area contributed by atoms with Crippen LogP contribution in [0.4, 0.5) is 11.4 Å². The number of nitrogen functional groups attached to an aromatic ring is 2. The van der Waals surface area contributed by atoms with Crippen molar-refractivity contribution in [1.82, 2.24) is 12.3 Å². The van der Waals surface area contributed by atoms with Crippen LogP contribution in [0, 0.1) is 0 Å². The molecule has 1 aromatic rings. The topological polar surface area (TPSA) is 131 Å². The van der Waals surface area contributed by atoms with Crippen molar-refractivity contribution < 1.29 is 4.74 Å². The van der Waals surface area contributed by atoms with Gasteiger partial charge < -0.3 is 28.5 Å². The second kappa shape index (κ2) is 6.10. The molecule has 0 saturated heterocycles. The predicted molar refractivity (Wildman–Crippen MR) is 56.5 cm³/mol. The first-order valence-corrected chi connectivity index (χ1v) is 3.52. The van der Waals surface area contributed by atoms with Gasteiger partial charge in [-0.25, -0.2) is 0 Å². The molecule has 5 nitrogen and oxygen atoms in total. The van der Waals surface area contributed by atoms with Crippen LogP contribution in [0.2, 0.25) is 0 Å². The van der Waals surface area contributed by atoms with Crippen molar-refractivity contribution in [2.24, 2.45) is 0 Å². The molecule has 0 radical (unpaired) electrons. The maximum absolute atomic E-state index is 5.55. The zero-order chi connectivity index (χ0) is 8.27. The van der Waals surface area contributed by atoms with Gasteiger partial charge in [0.1, 0.15) is 5.75 Å². The fourth-order valence-corrected chi connectivity index (χ4v) is 0.809. The van der Waals surface area contributed by atoms with Crippen LogP contribution >= 0.6 is 0 Å².